The highest BCUT2D eigenvalue weighted by atomic mass is 16.6. The van der Waals surface area contributed by atoms with E-state index in [-0.39, 0.29) is 11.9 Å². The lowest BCUT2D eigenvalue weighted by atomic mass is 9.87. The molecule has 2 aromatic carbocycles. The SMILES string of the molecule is CC(C)(C)OC(=O)N1CCN(Cc2ccccc2)CC1C(=O)NC1CCCc2ccccc21. The first-order valence-corrected chi connectivity index (χ1v) is 11.9. The Morgan fingerprint density at radius 3 is 2.52 bits per heavy atom. The zero-order valence-corrected chi connectivity index (χ0v) is 19.9. The van der Waals surface area contributed by atoms with E-state index in [2.05, 4.69) is 40.5 Å². The Bertz CT molecular complexity index is 970. The number of nitrogens with zero attached hydrogens (tertiary/aromatic N) is 2. The minimum Gasteiger partial charge on any atom is -0.444 e. The van der Waals surface area contributed by atoms with E-state index >= 15 is 0 Å². The third-order valence-corrected chi connectivity index (χ3v) is 6.33. The highest BCUT2D eigenvalue weighted by Gasteiger charge is 2.38. The standard InChI is InChI=1S/C27H35N3O3/c1-27(2,3)33-26(32)30-17-16-29(18-20-10-5-4-6-11-20)19-24(30)25(31)28-23-15-9-13-21-12-7-8-14-22(21)23/h4-8,10-12,14,23-24H,9,13,15-19H2,1-3H3,(H,28,31). The van der Waals surface area contributed by atoms with E-state index in [4.69, 9.17) is 4.74 Å². The average molecular weight is 450 g/mol. The first-order chi connectivity index (χ1) is 15.8. The molecular formula is C27H35N3O3. The van der Waals surface area contributed by atoms with Crippen LogP contribution in [0.3, 0.4) is 0 Å². The number of aryl methyl sites for hydroxylation is 1. The van der Waals surface area contributed by atoms with E-state index < -0.39 is 17.7 Å². The summed E-state index contributed by atoms with van der Waals surface area (Å²) < 4.78 is 5.65. The molecule has 1 fully saturated rings. The van der Waals surface area contributed by atoms with Crippen LogP contribution in [0.5, 0.6) is 0 Å². The molecule has 0 radical (unpaired) electrons. The maximum absolute atomic E-state index is 13.6. The molecule has 2 unspecified atom stereocenters. The van der Waals surface area contributed by atoms with Gasteiger partial charge in [-0.15, -0.1) is 0 Å². The van der Waals surface area contributed by atoms with Gasteiger partial charge in [0.25, 0.3) is 0 Å². The predicted molar refractivity (Wildman–Crippen MR) is 129 cm³/mol. The normalized spacial score (nSPS) is 21.2. The highest BCUT2D eigenvalue weighted by molar-refractivity contribution is 5.86. The summed E-state index contributed by atoms with van der Waals surface area (Å²) in [6.07, 6.45) is 2.57. The number of nitrogens with one attached hydrogen (secondary N) is 1. The van der Waals surface area contributed by atoms with Crippen LogP contribution in [0, 0.1) is 0 Å². The molecule has 2 aliphatic rings. The van der Waals surface area contributed by atoms with E-state index in [9.17, 15) is 9.59 Å². The quantitative estimate of drug-likeness (QED) is 0.756. The summed E-state index contributed by atoms with van der Waals surface area (Å²) in [6.45, 7) is 7.94. The van der Waals surface area contributed by atoms with Gasteiger partial charge in [-0.2, -0.15) is 0 Å². The number of amides is 2. The molecule has 2 amide bonds. The third kappa shape index (κ3) is 5.93. The van der Waals surface area contributed by atoms with Crippen LogP contribution >= 0.6 is 0 Å². The molecule has 6 nitrogen and oxygen atoms in total. The molecule has 176 valence electrons. The Morgan fingerprint density at radius 1 is 1.03 bits per heavy atom. The van der Waals surface area contributed by atoms with Crippen LogP contribution in [0.15, 0.2) is 54.6 Å². The molecule has 0 bridgehead atoms. The summed E-state index contributed by atoms with van der Waals surface area (Å²) in [4.78, 5) is 30.4. The van der Waals surface area contributed by atoms with Gasteiger partial charge in [-0.1, -0.05) is 54.6 Å². The molecule has 0 aromatic heterocycles. The van der Waals surface area contributed by atoms with Crippen molar-refractivity contribution in [2.75, 3.05) is 19.6 Å². The van der Waals surface area contributed by atoms with Crippen molar-refractivity contribution in [2.24, 2.45) is 0 Å². The summed E-state index contributed by atoms with van der Waals surface area (Å²) in [7, 11) is 0. The predicted octanol–water partition coefficient (Wildman–Crippen LogP) is 4.30. The number of hydrogen-bond acceptors (Lipinski definition) is 4. The summed E-state index contributed by atoms with van der Waals surface area (Å²) >= 11 is 0. The monoisotopic (exact) mass is 449 g/mol. The van der Waals surface area contributed by atoms with Gasteiger partial charge in [-0.25, -0.2) is 4.79 Å². The zero-order chi connectivity index (χ0) is 23.4. The smallest absolute Gasteiger partial charge is 0.411 e. The maximum Gasteiger partial charge on any atom is 0.411 e. The summed E-state index contributed by atoms with van der Waals surface area (Å²) in [5.41, 5.74) is 3.08. The average Bonchev–Trinajstić information content (AvgIpc) is 2.79. The van der Waals surface area contributed by atoms with Gasteiger partial charge in [0.15, 0.2) is 0 Å². The zero-order valence-electron chi connectivity index (χ0n) is 19.9. The fraction of sp³-hybridized carbons (Fsp3) is 0.481. The topological polar surface area (TPSA) is 61.9 Å². The van der Waals surface area contributed by atoms with E-state index in [0.717, 1.165) is 25.8 Å². The molecule has 1 aliphatic carbocycles. The fourth-order valence-electron chi connectivity index (χ4n) is 4.76. The van der Waals surface area contributed by atoms with Gasteiger partial charge in [0.1, 0.15) is 11.6 Å². The Morgan fingerprint density at radius 2 is 1.76 bits per heavy atom. The van der Waals surface area contributed by atoms with Gasteiger partial charge in [-0.05, 0) is 56.7 Å². The van der Waals surface area contributed by atoms with Crippen LogP contribution in [0.1, 0.15) is 56.3 Å². The molecule has 4 rings (SSSR count). The van der Waals surface area contributed by atoms with Crippen molar-refractivity contribution < 1.29 is 14.3 Å². The van der Waals surface area contributed by atoms with Crippen LogP contribution in [0.2, 0.25) is 0 Å². The molecule has 0 saturated carbocycles. The number of carbonyl (C=O) groups is 2. The molecular weight excluding hydrogens is 414 g/mol. The molecule has 1 N–H and O–H groups in total. The number of fused-ring (bicyclic) bond motifs is 1. The van der Waals surface area contributed by atoms with Crippen molar-refractivity contribution in [1.82, 2.24) is 15.1 Å². The number of benzene rings is 2. The molecule has 33 heavy (non-hydrogen) atoms. The van der Waals surface area contributed by atoms with Gasteiger partial charge in [0.05, 0.1) is 6.04 Å². The van der Waals surface area contributed by atoms with Crippen LogP contribution in [-0.2, 0) is 22.5 Å². The Labute approximate surface area is 196 Å². The minimum atomic E-state index is -0.610. The van der Waals surface area contributed by atoms with Gasteiger partial charge >= 0.3 is 6.09 Å². The van der Waals surface area contributed by atoms with Crippen molar-refractivity contribution in [1.29, 1.82) is 0 Å². The largest absolute Gasteiger partial charge is 0.444 e. The fourth-order valence-corrected chi connectivity index (χ4v) is 4.76. The molecule has 0 spiro atoms. The first-order valence-electron chi connectivity index (χ1n) is 11.9. The number of rotatable bonds is 4. The van der Waals surface area contributed by atoms with Crippen molar-refractivity contribution >= 4 is 12.0 Å². The van der Waals surface area contributed by atoms with Crippen molar-refractivity contribution in [2.45, 2.75) is 64.3 Å². The van der Waals surface area contributed by atoms with Gasteiger partial charge < -0.3 is 10.1 Å². The Hall–Kier alpha value is -2.86. The number of piperazine rings is 1. The minimum absolute atomic E-state index is 0.0209. The number of hydrogen-bond donors (Lipinski definition) is 1. The maximum atomic E-state index is 13.6. The van der Waals surface area contributed by atoms with E-state index in [1.807, 2.05) is 45.0 Å². The second-order valence-corrected chi connectivity index (χ2v) is 10.1. The van der Waals surface area contributed by atoms with Crippen LogP contribution < -0.4 is 5.32 Å². The van der Waals surface area contributed by atoms with Crippen molar-refractivity contribution in [3.05, 3.63) is 71.3 Å². The van der Waals surface area contributed by atoms with Gasteiger partial charge in [-0.3, -0.25) is 14.6 Å². The first kappa shape index (κ1) is 23.3. The lowest BCUT2D eigenvalue weighted by molar-refractivity contribution is -0.129. The van der Waals surface area contributed by atoms with Gasteiger partial charge in [0.2, 0.25) is 5.91 Å². The summed E-state index contributed by atoms with van der Waals surface area (Å²) in [5.74, 6) is -0.111. The number of ether oxygens (including phenoxy) is 1. The third-order valence-electron chi connectivity index (χ3n) is 6.33. The van der Waals surface area contributed by atoms with E-state index in [1.165, 1.54) is 16.7 Å². The summed E-state index contributed by atoms with van der Waals surface area (Å²) in [5, 5.41) is 3.26. The van der Waals surface area contributed by atoms with E-state index in [1.54, 1.807) is 4.90 Å². The molecule has 6 heteroatoms. The molecule has 2 aromatic rings. The van der Waals surface area contributed by atoms with Crippen molar-refractivity contribution in [3.8, 4) is 0 Å². The summed E-state index contributed by atoms with van der Waals surface area (Å²) in [6, 6.07) is 17.9. The van der Waals surface area contributed by atoms with Crippen LogP contribution in [0.25, 0.3) is 0 Å². The second kappa shape index (κ2) is 9.96. The lowest BCUT2D eigenvalue weighted by Crippen LogP contribution is -2.61. The van der Waals surface area contributed by atoms with Crippen LogP contribution in [0.4, 0.5) is 4.79 Å². The van der Waals surface area contributed by atoms with E-state index in [0.29, 0.717) is 19.6 Å². The second-order valence-electron chi connectivity index (χ2n) is 10.1. The molecule has 1 heterocycles. The van der Waals surface area contributed by atoms with Crippen molar-refractivity contribution in [3.63, 3.8) is 0 Å². The molecule has 1 aliphatic heterocycles. The van der Waals surface area contributed by atoms with Crippen LogP contribution in [-0.4, -0.2) is 53.1 Å². The Kier molecular flexibility index (Phi) is 7.03. The lowest BCUT2D eigenvalue weighted by Gasteiger charge is -2.41. The molecule has 2 atom stereocenters. The number of carbonyl (C=O) groups excluding carboxylic acids is 2. The molecule has 1 saturated heterocycles. The Balaban J connectivity index is 1.51. The highest BCUT2D eigenvalue weighted by Crippen LogP contribution is 2.30. The van der Waals surface area contributed by atoms with Gasteiger partial charge in [0, 0.05) is 26.2 Å².